The second kappa shape index (κ2) is 3.59. The molecule has 14 heavy (non-hydrogen) atoms. The summed E-state index contributed by atoms with van der Waals surface area (Å²) in [5, 5.41) is 4.70. The molecule has 0 amide bonds. The molecule has 72 valence electrons. The lowest BCUT2D eigenvalue weighted by molar-refractivity contribution is 1.21. The number of nitrogens with one attached hydrogen (secondary N) is 1. The maximum absolute atomic E-state index is 5.84. The highest BCUT2D eigenvalue weighted by Gasteiger charge is 2.04. The standard InChI is InChI=1S/C9H7Cl2N3/c1-12-8-6-3-2-5(10)4-7(6)13-9(11)14-8/h2-4H,1H3,(H,12,13,14). The fourth-order valence-electron chi connectivity index (χ4n) is 1.26. The van der Waals surface area contributed by atoms with Gasteiger partial charge in [0.05, 0.1) is 5.52 Å². The molecule has 0 radical (unpaired) electrons. The molecule has 1 aromatic heterocycles. The van der Waals surface area contributed by atoms with Crippen molar-refractivity contribution in [2.75, 3.05) is 12.4 Å². The van der Waals surface area contributed by atoms with Crippen molar-refractivity contribution in [1.82, 2.24) is 9.97 Å². The molecular formula is C9H7Cl2N3. The lowest BCUT2D eigenvalue weighted by Crippen LogP contribution is -1.95. The van der Waals surface area contributed by atoms with Gasteiger partial charge in [0.2, 0.25) is 5.28 Å². The van der Waals surface area contributed by atoms with Crippen LogP contribution in [-0.2, 0) is 0 Å². The zero-order chi connectivity index (χ0) is 10.1. The van der Waals surface area contributed by atoms with E-state index in [9.17, 15) is 0 Å². The summed E-state index contributed by atoms with van der Waals surface area (Å²) in [4.78, 5) is 8.12. The normalized spacial score (nSPS) is 10.5. The van der Waals surface area contributed by atoms with Crippen LogP contribution in [-0.4, -0.2) is 17.0 Å². The Labute approximate surface area is 91.1 Å². The Morgan fingerprint density at radius 1 is 1.21 bits per heavy atom. The number of benzene rings is 1. The highest BCUT2D eigenvalue weighted by molar-refractivity contribution is 6.31. The van der Waals surface area contributed by atoms with Crippen LogP contribution < -0.4 is 5.32 Å². The average molecular weight is 228 g/mol. The van der Waals surface area contributed by atoms with E-state index < -0.39 is 0 Å². The van der Waals surface area contributed by atoms with Crippen LogP contribution in [0, 0.1) is 0 Å². The van der Waals surface area contributed by atoms with E-state index in [2.05, 4.69) is 15.3 Å². The molecule has 0 fully saturated rings. The van der Waals surface area contributed by atoms with Gasteiger partial charge in [-0.3, -0.25) is 0 Å². The molecule has 0 saturated carbocycles. The quantitative estimate of drug-likeness (QED) is 0.762. The van der Waals surface area contributed by atoms with Crippen LogP contribution in [0.2, 0.25) is 10.3 Å². The molecule has 0 aliphatic carbocycles. The van der Waals surface area contributed by atoms with Gasteiger partial charge in [0.15, 0.2) is 0 Å². The van der Waals surface area contributed by atoms with Gasteiger partial charge in [-0.05, 0) is 29.8 Å². The number of anilines is 1. The number of hydrogen-bond donors (Lipinski definition) is 1. The number of aromatic nitrogens is 2. The van der Waals surface area contributed by atoms with E-state index in [0.29, 0.717) is 10.8 Å². The Bertz CT molecular complexity index is 479. The van der Waals surface area contributed by atoms with E-state index in [-0.39, 0.29) is 5.28 Å². The van der Waals surface area contributed by atoms with Crippen molar-refractivity contribution < 1.29 is 0 Å². The SMILES string of the molecule is CNc1nc(Cl)nc2cc(Cl)ccc12. The summed E-state index contributed by atoms with van der Waals surface area (Å²) in [6.45, 7) is 0. The molecule has 5 heteroatoms. The first-order chi connectivity index (χ1) is 6.70. The summed E-state index contributed by atoms with van der Waals surface area (Å²) in [6, 6.07) is 5.41. The zero-order valence-electron chi connectivity index (χ0n) is 7.38. The van der Waals surface area contributed by atoms with Gasteiger partial charge < -0.3 is 5.32 Å². The minimum Gasteiger partial charge on any atom is -0.372 e. The Hall–Kier alpha value is -1.06. The first-order valence-electron chi connectivity index (χ1n) is 4.01. The summed E-state index contributed by atoms with van der Waals surface area (Å²) < 4.78 is 0. The highest BCUT2D eigenvalue weighted by Crippen LogP contribution is 2.24. The number of rotatable bonds is 1. The van der Waals surface area contributed by atoms with Crippen LogP contribution in [0.1, 0.15) is 0 Å². The average Bonchev–Trinajstić information content (AvgIpc) is 2.15. The highest BCUT2D eigenvalue weighted by atomic mass is 35.5. The van der Waals surface area contributed by atoms with Crippen molar-refractivity contribution in [3.05, 3.63) is 28.5 Å². The van der Waals surface area contributed by atoms with E-state index in [1.165, 1.54) is 0 Å². The Morgan fingerprint density at radius 3 is 2.71 bits per heavy atom. The molecule has 2 aromatic rings. The number of fused-ring (bicyclic) bond motifs is 1. The van der Waals surface area contributed by atoms with Crippen LogP contribution in [0.25, 0.3) is 10.9 Å². The van der Waals surface area contributed by atoms with E-state index >= 15 is 0 Å². The smallest absolute Gasteiger partial charge is 0.224 e. The minimum absolute atomic E-state index is 0.212. The third-order valence-corrected chi connectivity index (χ3v) is 2.27. The first-order valence-corrected chi connectivity index (χ1v) is 4.77. The van der Waals surface area contributed by atoms with Gasteiger partial charge in [-0.1, -0.05) is 11.6 Å². The Balaban J connectivity index is 2.81. The van der Waals surface area contributed by atoms with E-state index in [4.69, 9.17) is 23.2 Å². The maximum Gasteiger partial charge on any atom is 0.224 e. The topological polar surface area (TPSA) is 37.8 Å². The molecule has 0 atom stereocenters. The van der Waals surface area contributed by atoms with Crippen molar-refractivity contribution in [2.24, 2.45) is 0 Å². The monoisotopic (exact) mass is 227 g/mol. The minimum atomic E-state index is 0.212. The molecule has 1 aromatic carbocycles. The molecule has 0 saturated heterocycles. The van der Waals surface area contributed by atoms with Crippen molar-refractivity contribution in [1.29, 1.82) is 0 Å². The number of halogens is 2. The zero-order valence-corrected chi connectivity index (χ0v) is 8.89. The Kier molecular flexibility index (Phi) is 2.44. The lowest BCUT2D eigenvalue weighted by Gasteiger charge is -2.04. The molecule has 0 aliphatic rings. The summed E-state index contributed by atoms with van der Waals surface area (Å²) in [5.74, 6) is 0.705. The van der Waals surface area contributed by atoms with Gasteiger partial charge in [-0.15, -0.1) is 0 Å². The number of nitrogens with zero attached hydrogens (tertiary/aromatic N) is 2. The van der Waals surface area contributed by atoms with Gasteiger partial charge in [0.25, 0.3) is 0 Å². The van der Waals surface area contributed by atoms with Gasteiger partial charge in [-0.2, -0.15) is 0 Å². The van der Waals surface area contributed by atoms with Crippen molar-refractivity contribution >= 4 is 39.9 Å². The van der Waals surface area contributed by atoms with E-state index in [1.54, 1.807) is 19.2 Å². The fraction of sp³-hybridized carbons (Fsp3) is 0.111. The summed E-state index contributed by atoms with van der Waals surface area (Å²) in [5.41, 5.74) is 0.738. The van der Waals surface area contributed by atoms with Gasteiger partial charge in [0, 0.05) is 17.5 Å². The van der Waals surface area contributed by atoms with Crippen LogP contribution in [0.3, 0.4) is 0 Å². The molecule has 3 nitrogen and oxygen atoms in total. The molecule has 0 unspecified atom stereocenters. The molecule has 2 rings (SSSR count). The van der Waals surface area contributed by atoms with Crippen molar-refractivity contribution in [3.63, 3.8) is 0 Å². The summed E-state index contributed by atoms with van der Waals surface area (Å²) in [7, 11) is 1.78. The van der Waals surface area contributed by atoms with Gasteiger partial charge in [-0.25, -0.2) is 9.97 Å². The van der Waals surface area contributed by atoms with Gasteiger partial charge >= 0.3 is 0 Å². The summed E-state index contributed by atoms with van der Waals surface area (Å²) in [6.07, 6.45) is 0. The van der Waals surface area contributed by atoms with Crippen LogP contribution in [0.5, 0.6) is 0 Å². The van der Waals surface area contributed by atoms with Crippen LogP contribution in [0.4, 0.5) is 5.82 Å². The molecule has 1 heterocycles. The molecule has 0 spiro atoms. The van der Waals surface area contributed by atoms with Crippen LogP contribution in [0.15, 0.2) is 18.2 Å². The molecule has 0 bridgehead atoms. The van der Waals surface area contributed by atoms with Crippen molar-refractivity contribution in [3.8, 4) is 0 Å². The van der Waals surface area contributed by atoms with Gasteiger partial charge in [0.1, 0.15) is 5.82 Å². The molecular weight excluding hydrogens is 221 g/mol. The molecule has 0 aliphatic heterocycles. The number of hydrogen-bond acceptors (Lipinski definition) is 3. The summed E-state index contributed by atoms with van der Waals surface area (Å²) >= 11 is 11.6. The van der Waals surface area contributed by atoms with Crippen LogP contribution >= 0.6 is 23.2 Å². The molecule has 1 N–H and O–H groups in total. The predicted octanol–water partition coefficient (Wildman–Crippen LogP) is 2.98. The first kappa shape index (κ1) is 9.49. The second-order valence-electron chi connectivity index (χ2n) is 2.75. The van der Waals surface area contributed by atoms with E-state index in [1.807, 2.05) is 6.07 Å². The predicted molar refractivity (Wildman–Crippen MR) is 59.1 cm³/mol. The largest absolute Gasteiger partial charge is 0.372 e. The second-order valence-corrected chi connectivity index (χ2v) is 3.53. The fourth-order valence-corrected chi connectivity index (χ4v) is 1.61. The Morgan fingerprint density at radius 2 is 2.00 bits per heavy atom. The maximum atomic E-state index is 5.84. The third kappa shape index (κ3) is 1.61. The van der Waals surface area contributed by atoms with E-state index in [0.717, 1.165) is 10.9 Å². The lowest BCUT2D eigenvalue weighted by atomic mass is 10.2. The van der Waals surface area contributed by atoms with Crippen molar-refractivity contribution in [2.45, 2.75) is 0 Å². The third-order valence-electron chi connectivity index (χ3n) is 1.87.